The molecule has 2 rings (SSSR count). The Morgan fingerprint density at radius 3 is 2.53 bits per heavy atom. The third-order valence-electron chi connectivity index (χ3n) is 4.12. The van der Waals surface area contributed by atoms with Crippen LogP contribution in [0.25, 0.3) is 0 Å². The maximum atomic E-state index is 11.9. The van der Waals surface area contributed by atoms with Gasteiger partial charge in [-0.2, -0.15) is 0 Å². The number of carbonyl (C=O) groups is 1. The fourth-order valence-electron chi connectivity index (χ4n) is 2.78. The van der Waals surface area contributed by atoms with Gasteiger partial charge in [0.25, 0.3) is 0 Å². The van der Waals surface area contributed by atoms with Gasteiger partial charge >= 0.3 is 5.97 Å². The van der Waals surface area contributed by atoms with Crippen molar-refractivity contribution < 1.29 is 9.53 Å². The molecule has 1 saturated carbocycles. The van der Waals surface area contributed by atoms with E-state index in [0.29, 0.717) is 6.61 Å². The molecule has 19 heavy (non-hydrogen) atoms. The molecule has 3 unspecified atom stereocenters. The van der Waals surface area contributed by atoms with Gasteiger partial charge in [0, 0.05) is 0 Å². The largest absolute Gasteiger partial charge is 0.461 e. The van der Waals surface area contributed by atoms with Crippen LogP contribution in [0.1, 0.15) is 39.2 Å². The van der Waals surface area contributed by atoms with Crippen molar-refractivity contribution in [3.63, 3.8) is 0 Å². The zero-order chi connectivity index (χ0) is 13.8. The predicted molar refractivity (Wildman–Crippen MR) is 76.5 cm³/mol. The summed E-state index contributed by atoms with van der Waals surface area (Å²) < 4.78 is 5.38. The standard InChI is InChI=1S/C17H24O2/c1-12(2)16-10-15(16)9-13(3)17(18)19-11-14-7-5-4-6-8-14/h4-8,12-13,15-16H,9-11H2,1-3H3. The monoisotopic (exact) mass is 260 g/mol. The lowest BCUT2D eigenvalue weighted by Crippen LogP contribution is -2.15. The minimum atomic E-state index is -0.0572. The van der Waals surface area contributed by atoms with E-state index in [9.17, 15) is 4.79 Å². The molecule has 1 aromatic rings. The summed E-state index contributed by atoms with van der Waals surface area (Å²) >= 11 is 0. The topological polar surface area (TPSA) is 26.3 Å². The van der Waals surface area contributed by atoms with Gasteiger partial charge in [-0.05, 0) is 36.2 Å². The first-order valence-electron chi connectivity index (χ1n) is 7.28. The lowest BCUT2D eigenvalue weighted by Gasteiger charge is -2.12. The molecule has 0 heterocycles. The van der Waals surface area contributed by atoms with E-state index in [1.165, 1.54) is 6.42 Å². The summed E-state index contributed by atoms with van der Waals surface area (Å²) in [7, 11) is 0. The Hall–Kier alpha value is -1.31. The van der Waals surface area contributed by atoms with Crippen molar-refractivity contribution in [2.45, 2.75) is 40.2 Å². The van der Waals surface area contributed by atoms with Crippen LogP contribution >= 0.6 is 0 Å². The minimum Gasteiger partial charge on any atom is -0.461 e. The van der Waals surface area contributed by atoms with Gasteiger partial charge in [-0.1, -0.05) is 51.1 Å². The summed E-state index contributed by atoms with van der Waals surface area (Å²) in [4.78, 5) is 11.9. The van der Waals surface area contributed by atoms with Crippen molar-refractivity contribution in [1.82, 2.24) is 0 Å². The molecule has 2 heteroatoms. The number of benzene rings is 1. The van der Waals surface area contributed by atoms with Crippen LogP contribution < -0.4 is 0 Å². The van der Waals surface area contributed by atoms with Crippen LogP contribution in [0.2, 0.25) is 0 Å². The first-order valence-corrected chi connectivity index (χ1v) is 7.28. The highest BCUT2D eigenvalue weighted by molar-refractivity contribution is 5.72. The van der Waals surface area contributed by atoms with Gasteiger partial charge in [-0.25, -0.2) is 0 Å². The molecule has 104 valence electrons. The molecule has 0 radical (unpaired) electrons. The van der Waals surface area contributed by atoms with Gasteiger partial charge in [-0.15, -0.1) is 0 Å². The average molecular weight is 260 g/mol. The molecule has 0 bridgehead atoms. The Kier molecular flexibility index (Phi) is 4.62. The molecule has 0 N–H and O–H groups in total. The summed E-state index contributed by atoms with van der Waals surface area (Å²) in [5, 5.41) is 0. The molecule has 0 aliphatic heterocycles. The second-order valence-corrected chi connectivity index (χ2v) is 6.13. The molecule has 0 saturated heterocycles. The summed E-state index contributed by atoms with van der Waals surface area (Å²) in [5.41, 5.74) is 1.05. The molecule has 3 atom stereocenters. The third kappa shape index (κ3) is 4.09. The van der Waals surface area contributed by atoms with Crippen LogP contribution in [0, 0.1) is 23.7 Å². The fraction of sp³-hybridized carbons (Fsp3) is 0.588. The van der Waals surface area contributed by atoms with E-state index in [-0.39, 0.29) is 11.9 Å². The van der Waals surface area contributed by atoms with Crippen LogP contribution in [0.15, 0.2) is 30.3 Å². The first kappa shape index (κ1) is 14.1. The predicted octanol–water partition coefficient (Wildman–Crippen LogP) is 4.05. The van der Waals surface area contributed by atoms with E-state index < -0.39 is 0 Å². The SMILES string of the molecule is CC(CC1CC1C(C)C)C(=O)OCc1ccccc1. The van der Waals surface area contributed by atoms with Gasteiger partial charge in [0.1, 0.15) is 6.61 Å². The maximum absolute atomic E-state index is 11.9. The zero-order valence-corrected chi connectivity index (χ0v) is 12.1. The molecular formula is C17H24O2. The summed E-state index contributed by atoms with van der Waals surface area (Å²) in [6.07, 6.45) is 2.27. The molecule has 1 fully saturated rings. The van der Waals surface area contributed by atoms with Crippen molar-refractivity contribution >= 4 is 5.97 Å². The van der Waals surface area contributed by atoms with Crippen LogP contribution in [-0.2, 0) is 16.1 Å². The van der Waals surface area contributed by atoms with Gasteiger partial charge in [0.05, 0.1) is 5.92 Å². The summed E-state index contributed by atoms with van der Waals surface area (Å²) in [6, 6.07) is 9.85. The average Bonchev–Trinajstić information content (AvgIpc) is 3.16. The minimum absolute atomic E-state index is 0.0254. The Balaban J connectivity index is 1.71. The summed E-state index contributed by atoms with van der Waals surface area (Å²) in [6.45, 7) is 6.91. The Morgan fingerprint density at radius 2 is 1.95 bits per heavy atom. The number of hydrogen-bond acceptors (Lipinski definition) is 2. The lowest BCUT2D eigenvalue weighted by atomic mass is 10.00. The van der Waals surface area contributed by atoms with Crippen LogP contribution in [0.5, 0.6) is 0 Å². The van der Waals surface area contributed by atoms with Crippen molar-refractivity contribution in [3.8, 4) is 0 Å². The first-order chi connectivity index (χ1) is 9.08. The van der Waals surface area contributed by atoms with Crippen LogP contribution in [0.3, 0.4) is 0 Å². The Bertz CT molecular complexity index is 411. The molecule has 0 spiro atoms. The second-order valence-electron chi connectivity index (χ2n) is 6.13. The van der Waals surface area contributed by atoms with Crippen LogP contribution in [0.4, 0.5) is 0 Å². The lowest BCUT2D eigenvalue weighted by molar-refractivity contribution is -0.149. The van der Waals surface area contributed by atoms with E-state index in [1.54, 1.807) is 0 Å². The normalized spacial score (nSPS) is 23.2. The zero-order valence-electron chi connectivity index (χ0n) is 12.1. The number of carbonyl (C=O) groups excluding carboxylic acids is 1. The van der Waals surface area contributed by atoms with Crippen molar-refractivity contribution in [3.05, 3.63) is 35.9 Å². The van der Waals surface area contributed by atoms with Gasteiger partial charge < -0.3 is 4.74 Å². The van der Waals surface area contributed by atoms with E-state index in [2.05, 4.69) is 13.8 Å². The molecule has 1 aliphatic carbocycles. The van der Waals surface area contributed by atoms with E-state index in [4.69, 9.17) is 4.74 Å². The molecule has 2 nitrogen and oxygen atoms in total. The smallest absolute Gasteiger partial charge is 0.308 e. The highest BCUT2D eigenvalue weighted by Crippen LogP contribution is 2.47. The quantitative estimate of drug-likeness (QED) is 0.721. The fourth-order valence-corrected chi connectivity index (χ4v) is 2.78. The van der Waals surface area contributed by atoms with Crippen molar-refractivity contribution in [2.24, 2.45) is 23.7 Å². The highest BCUT2D eigenvalue weighted by Gasteiger charge is 2.40. The third-order valence-corrected chi connectivity index (χ3v) is 4.12. The van der Waals surface area contributed by atoms with Crippen LogP contribution in [-0.4, -0.2) is 5.97 Å². The number of hydrogen-bond donors (Lipinski definition) is 0. The van der Waals surface area contributed by atoms with Gasteiger partial charge in [-0.3, -0.25) is 4.79 Å². The molecule has 0 amide bonds. The number of esters is 1. The molecular weight excluding hydrogens is 236 g/mol. The van der Waals surface area contributed by atoms with E-state index in [1.807, 2.05) is 37.3 Å². The molecule has 0 aromatic heterocycles. The van der Waals surface area contributed by atoms with E-state index >= 15 is 0 Å². The van der Waals surface area contributed by atoms with Crippen molar-refractivity contribution in [2.75, 3.05) is 0 Å². The molecule has 1 aromatic carbocycles. The van der Waals surface area contributed by atoms with Gasteiger partial charge in [0.2, 0.25) is 0 Å². The number of ether oxygens (including phenoxy) is 1. The van der Waals surface area contributed by atoms with E-state index in [0.717, 1.165) is 29.7 Å². The second kappa shape index (κ2) is 6.23. The Labute approximate surface area is 116 Å². The van der Waals surface area contributed by atoms with Gasteiger partial charge in [0.15, 0.2) is 0 Å². The molecule has 1 aliphatic rings. The van der Waals surface area contributed by atoms with Crippen molar-refractivity contribution in [1.29, 1.82) is 0 Å². The Morgan fingerprint density at radius 1 is 1.26 bits per heavy atom. The highest BCUT2D eigenvalue weighted by atomic mass is 16.5. The maximum Gasteiger partial charge on any atom is 0.308 e. The number of rotatable bonds is 6. The summed E-state index contributed by atoms with van der Waals surface area (Å²) in [5.74, 6) is 2.27.